The van der Waals surface area contributed by atoms with Gasteiger partial charge in [-0.05, 0) is 52.7 Å². The van der Waals surface area contributed by atoms with Crippen molar-refractivity contribution in [1.82, 2.24) is 0 Å². The van der Waals surface area contributed by atoms with Gasteiger partial charge in [-0.15, -0.1) is 0 Å². The van der Waals surface area contributed by atoms with Crippen LogP contribution in [0.4, 0.5) is 11.4 Å². The Bertz CT molecular complexity index is 982. The number of nitriles is 1. The van der Waals surface area contributed by atoms with Gasteiger partial charge in [0.25, 0.3) is 11.6 Å². The van der Waals surface area contributed by atoms with E-state index in [1.165, 1.54) is 37.5 Å². The number of ether oxygens (including phenoxy) is 2. The number of nitro benzene ring substituents is 1. The van der Waals surface area contributed by atoms with Crippen molar-refractivity contribution in [3.05, 3.63) is 62.1 Å². The van der Waals surface area contributed by atoms with Crippen molar-refractivity contribution in [1.29, 1.82) is 5.26 Å². The minimum atomic E-state index is -0.688. The van der Waals surface area contributed by atoms with Crippen LogP contribution in [-0.4, -0.2) is 24.5 Å². The first-order valence-electron chi connectivity index (χ1n) is 8.07. The third-order valence-corrected chi connectivity index (χ3v) is 4.12. The maximum Gasteiger partial charge on any atom is 0.271 e. The zero-order chi connectivity index (χ0) is 20.7. The summed E-state index contributed by atoms with van der Waals surface area (Å²) in [7, 11) is 1.48. The van der Waals surface area contributed by atoms with E-state index in [-0.39, 0.29) is 16.9 Å². The van der Waals surface area contributed by atoms with Crippen molar-refractivity contribution in [2.45, 2.75) is 6.92 Å². The number of carbonyl (C=O) groups excluding carboxylic acids is 1. The molecule has 0 aliphatic rings. The zero-order valence-corrected chi connectivity index (χ0v) is 16.6. The minimum Gasteiger partial charge on any atom is -0.493 e. The van der Waals surface area contributed by atoms with Gasteiger partial charge in [0.1, 0.15) is 11.6 Å². The number of rotatable bonds is 7. The molecule has 144 valence electrons. The first-order valence-corrected chi connectivity index (χ1v) is 8.86. The zero-order valence-electron chi connectivity index (χ0n) is 15.1. The van der Waals surface area contributed by atoms with E-state index in [1.54, 1.807) is 12.1 Å². The topological polar surface area (TPSA) is 114 Å². The summed E-state index contributed by atoms with van der Waals surface area (Å²) in [5.41, 5.74) is 0.411. The molecular formula is C19H16BrN3O5. The maximum atomic E-state index is 12.4. The van der Waals surface area contributed by atoms with E-state index < -0.39 is 10.8 Å². The Morgan fingerprint density at radius 1 is 1.39 bits per heavy atom. The minimum absolute atomic E-state index is 0.166. The number of methoxy groups -OCH3 is 1. The predicted molar refractivity (Wildman–Crippen MR) is 107 cm³/mol. The normalized spacial score (nSPS) is 10.7. The second kappa shape index (κ2) is 9.53. The van der Waals surface area contributed by atoms with E-state index in [2.05, 4.69) is 21.2 Å². The molecule has 0 unspecified atom stereocenters. The molecule has 28 heavy (non-hydrogen) atoms. The molecule has 2 aromatic rings. The molecule has 1 N–H and O–H groups in total. The number of non-ortho nitro benzene ring substituents is 1. The Morgan fingerprint density at radius 3 is 2.75 bits per heavy atom. The van der Waals surface area contributed by atoms with Crippen LogP contribution in [0.2, 0.25) is 0 Å². The summed E-state index contributed by atoms with van der Waals surface area (Å²) in [5, 5.41) is 22.7. The fourth-order valence-corrected chi connectivity index (χ4v) is 2.89. The van der Waals surface area contributed by atoms with Crippen molar-refractivity contribution in [3.63, 3.8) is 0 Å². The molecule has 0 spiro atoms. The van der Waals surface area contributed by atoms with E-state index in [4.69, 9.17) is 9.47 Å². The first kappa shape index (κ1) is 20.9. The summed E-state index contributed by atoms with van der Waals surface area (Å²) in [6.45, 7) is 2.28. The van der Waals surface area contributed by atoms with Crippen molar-refractivity contribution in [2.75, 3.05) is 19.0 Å². The Balaban J connectivity index is 2.32. The molecule has 2 rings (SSSR count). The van der Waals surface area contributed by atoms with Crippen molar-refractivity contribution >= 4 is 39.3 Å². The van der Waals surface area contributed by atoms with Gasteiger partial charge in [0, 0.05) is 17.8 Å². The second-order valence-corrected chi connectivity index (χ2v) is 6.25. The van der Waals surface area contributed by atoms with E-state index in [0.29, 0.717) is 28.1 Å². The number of nitrogens with zero attached hydrogens (tertiary/aromatic N) is 2. The van der Waals surface area contributed by atoms with Crippen molar-refractivity contribution in [2.24, 2.45) is 0 Å². The van der Waals surface area contributed by atoms with Crippen LogP contribution < -0.4 is 14.8 Å². The maximum absolute atomic E-state index is 12.4. The third-order valence-electron chi connectivity index (χ3n) is 3.53. The van der Waals surface area contributed by atoms with Crippen LogP contribution in [0.5, 0.6) is 11.5 Å². The van der Waals surface area contributed by atoms with Gasteiger partial charge >= 0.3 is 0 Å². The van der Waals surface area contributed by atoms with E-state index in [0.717, 1.165) is 0 Å². The number of nitro groups is 1. The molecule has 8 nitrogen and oxygen atoms in total. The molecule has 9 heteroatoms. The highest BCUT2D eigenvalue weighted by molar-refractivity contribution is 9.10. The number of anilines is 1. The summed E-state index contributed by atoms with van der Waals surface area (Å²) >= 11 is 3.38. The van der Waals surface area contributed by atoms with Crippen LogP contribution in [0.3, 0.4) is 0 Å². The first-order chi connectivity index (χ1) is 13.4. The van der Waals surface area contributed by atoms with Crippen LogP contribution in [0, 0.1) is 21.4 Å². The third kappa shape index (κ3) is 5.08. The molecule has 0 radical (unpaired) electrons. The number of carbonyl (C=O) groups is 1. The number of benzene rings is 2. The SMILES string of the molecule is CCOc1c(Br)cc(/C=C(/C#N)C(=O)Nc2cccc([N+](=O)[O-])c2)cc1OC. The van der Waals surface area contributed by atoms with Crippen LogP contribution >= 0.6 is 15.9 Å². The lowest BCUT2D eigenvalue weighted by atomic mass is 10.1. The smallest absolute Gasteiger partial charge is 0.271 e. The molecule has 0 fully saturated rings. The monoisotopic (exact) mass is 445 g/mol. The van der Waals surface area contributed by atoms with Gasteiger partial charge in [-0.2, -0.15) is 5.26 Å². The largest absolute Gasteiger partial charge is 0.493 e. The Hall–Kier alpha value is -3.38. The molecule has 0 aromatic heterocycles. The summed E-state index contributed by atoms with van der Waals surface area (Å²) in [6.07, 6.45) is 1.38. The van der Waals surface area contributed by atoms with E-state index in [9.17, 15) is 20.2 Å². The van der Waals surface area contributed by atoms with Gasteiger partial charge < -0.3 is 14.8 Å². The second-order valence-electron chi connectivity index (χ2n) is 5.40. The summed E-state index contributed by atoms with van der Waals surface area (Å²) in [6, 6.07) is 10.6. The highest BCUT2D eigenvalue weighted by Gasteiger charge is 2.15. The van der Waals surface area contributed by atoms with Crippen LogP contribution in [-0.2, 0) is 4.79 Å². The molecule has 0 heterocycles. The molecule has 0 bridgehead atoms. The Labute approximate surface area is 169 Å². The predicted octanol–water partition coefficient (Wildman–Crippen LogP) is 4.31. The van der Waals surface area contributed by atoms with Crippen LogP contribution in [0.25, 0.3) is 6.08 Å². The number of hydrogen-bond acceptors (Lipinski definition) is 6. The highest BCUT2D eigenvalue weighted by Crippen LogP contribution is 2.37. The number of hydrogen-bond donors (Lipinski definition) is 1. The molecule has 2 aromatic carbocycles. The summed E-state index contributed by atoms with van der Waals surface area (Å²) in [4.78, 5) is 22.7. The van der Waals surface area contributed by atoms with Gasteiger partial charge in [-0.1, -0.05) is 6.07 Å². The Kier molecular flexibility index (Phi) is 7.12. The molecular weight excluding hydrogens is 430 g/mol. The van der Waals surface area contributed by atoms with E-state index >= 15 is 0 Å². The fourth-order valence-electron chi connectivity index (χ4n) is 2.32. The van der Waals surface area contributed by atoms with E-state index in [1.807, 2.05) is 13.0 Å². The Morgan fingerprint density at radius 2 is 2.14 bits per heavy atom. The van der Waals surface area contributed by atoms with Gasteiger partial charge in [-0.25, -0.2) is 0 Å². The quantitative estimate of drug-likeness (QED) is 0.293. The lowest BCUT2D eigenvalue weighted by Crippen LogP contribution is -2.13. The lowest BCUT2D eigenvalue weighted by molar-refractivity contribution is -0.384. The molecule has 0 atom stereocenters. The summed E-state index contributed by atoms with van der Waals surface area (Å²) < 4.78 is 11.4. The summed E-state index contributed by atoms with van der Waals surface area (Å²) in [5.74, 6) is 0.271. The highest BCUT2D eigenvalue weighted by atomic mass is 79.9. The molecule has 0 saturated carbocycles. The van der Waals surface area contributed by atoms with Gasteiger partial charge in [-0.3, -0.25) is 14.9 Å². The van der Waals surface area contributed by atoms with Crippen LogP contribution in [0.15, 0.2) is 46.4 Å². The molecule has 0 saturated heterocycles. The molecule has 0 aliphatic carbocycles. The number of amides is 1. The standard InChI is InChI=1S/C19H16BrN3O5/c1-3-28-18-16(20)8-12(9-17(18)27-2)7-13(11-21)19(24)22-14-5-4-6-15(10-14)23(25)26/h4-10H,3H2,1-2H3,(H,22,24)/b13-7-. The number of nitrogens with one attached hydrogen (secondary N) is 1. The van der Waals surface area contributed by atoms with Gasteiger partial charge in [0.15, 0.2) is 11.5 Å². The van der Waals surface area contributed by atoms with Crippen molar-refractivity contribution < 1.29 is 19.2 Å². The average Bonchev–Trinajstić information content (AvgIpc) is 2.67. The van der Waals surface area contributed by atoms with Gasteiger partial charge in [0.05, 0.1) is 23.1 Å². The number of halogens is 1. The van der Waals surface area contributed by atoms with Gasteiger partial charge in [0.2, 0.25) is 0 Å². The fraction of sp³-hybridized carbons (Fsp3) is 0.158. The van der Waals surface area contributed by atoms with Crippen LogP contribution in [0.1, 0.15) is 12.5 Å². The lowest BCUT2D eigenvalue weighted by Gasteiger charge is -2.12. The molecule has 1 amide bonds. The average molecular weight is 446 g/mol. The van der Waals surface area contributed by atoms with Crippen molar-refractivity contribution in [3.8, 4) is 17.6 Å². The molecule has 0 aliphatic heterocycles.